The van der Waals surface area contributed by atoms with Crippen molar-refractivity contribution < 1.29 is 13.2 Å². The molecule has 2 aliphatic heterocycles. The molecule has 0 saturated carbocycles. The Kier molecular flexibility index (Phi) is 6.55. The summed E-state index contributed by atoms with van der Waals surface area (Å²) < 4.78 is 27.4. The topological polar surface area (TPSA) is 69.7 Å². The van der Waals surface area contributed by atoms with E-state index in [0.29, 0.717) is 29.6 Å². The molecule has 1 N–H and O–H groups in total. The summed E-state index contributed by atoms with van der Waals surface area (Å²) in [6, 6.07) is 6.42. The number of anilines is 1. The Morgan fingerprint density at radius 3 is 2.37 bits per heavy atom. The van der Waals surface area contributed by atoms with Crippen LogP contribution in [0.25, 0.3) is 0 Å². The van der Waals surface area contributed by atoms with E-state index in [1.807, 2.05) is 0 Å². The lowest BCUT2D eigenvalue weighted by molar-refractivity contribution is -0.114. The number of likely N-dealkylation sites (tertiary alicyclic amines) is 1. The summed E-state index contributed by atoms with van der Waals surface area (Å²) in [5.74, 6) is 1.19. The third-order valence-corrected chi connectivity index (χ3v) is 7.56. The SMILES string of the molecule is CC(=O)Nc1ccc(S(=O)(=O)N2CCC(CN3CCC[C@H](C)C3)CC2)cc1. The molecule has 1 aromatic rings. The second-order valence-corrected chi connectivity index (χ2v) is 10.00. The van der Waals surface area contributed by atoms with E-state index in [9.17, 15) is 13.2 Å². The zero-order valence-electron chi connectivity index (χ0n) is 16.4. The lowest BCUT2D eigenvalue weighted by Gasteiger charge is -2.37. The number of rotatable bonds is 5. The molecular weight excluding hydrogens is 362 g/mol. The smallest absolute Gasteiger partial charge is 0.243 e. The molecule has 1 atom stereocenters. The first-order chi connectivity index (χ1) is 12.8. The molecule has 0 bridgehead atoms. The van der Waals surface area contributed by atoms with E-state index in [1.165, 1.54) is 32.9 Å². The third-order valence-electron chi connectivity index (χ3n) is 5.64. The van der Waals surface area contributed by atoms with Crippen LogP contribution in [0.15, 0.2) is 29.2 Å². The molecule has 6 nitrogen and oxygen atoms in total. The highest BCUT2D eigenvalue weighted by Gasteiger charge is 2.30. The molecule has 2 fully saturated rings. The lowest BCUT2D eigenvalue weighted by atomic mass is 9.94. The molecule has 0 unspecified atom stereocenters. The number of carbonyl (C=O) groups is 1. The molecule has 0 radical (unpaired) electrons. The van der Waals surface area contributed by atoms with E-state index in [4.69, 9.17) is 0 Å². The summed E-state index contributed by atoms with van der Waals surface area (Å²) in [5.41, 5.74) is 0.607. The summed E-state index contributed by atoms with van der Waals surface area (Å²) >= 11 is 0. The minimum atomic E-state index is -3.47. The van der Waals surface area contributed by atoms with Crippen molar-refractivity contribution in [2.45, 2.75) is 44.4 Å². The monoisotopic (exact) mass is 393 g/mol. The second kappa shape index (κ2) is 8.71. The molecule has 27 heavy (non-hydrogen) atoms. The van der Waals surface area contributed by atoms with E-state index in [0.717, 1.165) is 25.3 Å². The van der Waals surface area contributed by atoms with Gasteiger partial charge in [-0.1, -0.05) is 6.92 Å². The first-order valence-electron chi connectivity index (χ1n) is 9.95. The molecule has 2 aliphatic rings. The highest BCUT2D eigenvalue weighted by Crippen LogP contribution is 2.26. The first kappa shape index (κ1) is 20.3. The van der Waals surface area contributed by atoms with Crippen molar-refractivity contribution in [1.29, 1.82) is 0 Å². The van der Waals surface area contributed by atoms with Gasteiger partial charge in [-0.15, -0.1) is 0 Å². The number of piperidine rings is 2. The minimum Gasteiger partial charge on any atom is -0.326 e. The Balaban J connectivity index is 1.55. The quantitative estimate of drug-likeness (QED) is 0.835. The number of hydrogen-bond acceptors (Lipinski definition) is 4. The van der Waals surface area contributed by atoms with Crippen LogP contribution in [0, 0.1) is 11.8 Å². The highest BCUT2D eigenvalue weighted by atomic mass is 32.2. The standard InChI is InChI=1S/C20H31N3O3S/c1-16-4-3-11-22(14-16)15-18-9-12-23(13-10-18)27(25,26)20-7-5-19(6-8-20)21-17(2)24/h5-8,16,18H,3-4,9-15H2,1-2H3,(H,21,24)/t16-/m0/s1. The Morgan fingerprint density at radius 2 is 1.78 bits per heavy atom. The van der Waals surface area contributed by atoms with Gasteiger partial charge in [0.2, 0.25) is 15.9 Å². The summed E-state index contributed by atoms with van der Waals surface area (Å²) in [6.07, 6.45) is 4.46. The minimum absolute atomic E-state index is 0.171. The van der Waals surface area contributed by atoms with Gasteiger partial charge in [0, 0.05) is 38.8 Å². The average molecular weight is 394 g/mol. The maximum atomic E-state index is 12.9. The van der Waals surface area contributed by atoms with E-state index in [-0.39, 0.29) is 5.91 Å². The normalized spacial score (nSPS) is 23.3. The van der Waals surface area contributed by atoms with E-state index >= 15 is 0 Å². The molecule has 0 spiro atoms. The van der Waals surface area contributed by atoms with Crippen LogP contribution in [0.5, 0.6) is 0 Å². The highest BCUT2D eigenvalue weighted by molar-refractivity contribution is 7.89. The second-order valence-electron chi connectivity index (χ2n) is 8.06. The zero-order chi connectivity index (χ0) is 19.4. The molecule has 2 saturated heterocycles. The Bertz CT molecular complexity index is 740. The Labute approximate surface area is 163 Å². The van der Waals surface area contributed by atoms with Crippen LogP contribution in [-0.2, 0) is 14.8 Å². The van der Waals surface area contributed by atoms with E-state index < -0.39 is 10.0 Å². The molecule has 0 aliphatic carbocycles. The number of benzene rings is 1. The van der Waals surface area contributed by atoms with Gasteiger partial charge in [-0.2, -0.15) is 4.31 Å². The number of sulfonamides is 1. The largest absolute Gasteiger partial charge is 0.326 e. The van der Waals surface area contributed by atoms with Crippen molar-refractivity contribution >= 4 is 21.6 Å². The lowest BCUT2D eigenvalue weighted by Crippen LogP contribution is -2.43. The van der Waals surface area contributed by atoms with E-state index in [1.54, 1.807) is 28.6 Å². The Hall–Kier alpha value is -1.44. The summed E-state index contributed by atoms with van der Waals surface area (Å²) in [4.78, 5) is 13.9. The fourth-order valence-electron chi connectivity index (χ4n) is 4.21. The van der Waals surface area contributed by atoms with Crippen molar-refractivity contribution in [2.75, 3.05) is 38.0 Å². The Morgan fingerprint density at radius 1 is 1.11 bits per heavy atom. The maximum absolute atomic E-state index is 12.9. The van der Waals surface area contributed by atoms with Crippen LogP contribution in [0.2, 0.25) is 0 Å². The summed E-state index contributed by atoms with van der Waals surface area (Å²) in [5, 5.41) is 2.66. The molecule has 2 heterocycles. The number of nitrogens with one attached hydrogen (secondary N) is 1. The molecule has 1 amide bonds. The van der Waals surface area contributed by atoms with Crippen molar-refractivity contribution in [2.24, 2.45) is 11.8 Å². The van der Waals surface area contributed by atoms with Crippen LogP contribution >= 0.6 is 0 Å². The van der Waals surface area contributed by atoms with Crippen LogP contribution in [0.4, 0.5) is 5.69 Å². The van der Waals surface area contributed by atoms with Crippen molar-refractivity contribution in [3.8, 4) is 0 Å². The van der Waals surface area contributed by atoms with Gasteiger partial charge in [0.1, 0.15) is 0 Å². The molecular formula is C20H31N3O3S. The van der Waals surface area contributed by atoms with Crippen molar-refractivity contribution in [1.82, 2.24) is 9.21 Å². The van der Waals surface area contributed by atoms with Gasteiger partial charge in [0.05, 0.1) is 4.90 Å². The predicted molar refractivity (Wildman–Crippen MR) is 107 cm³/mol. The number of nitrogens with zero attached hydrogens (tertiary/aromatic N) is 2. The maximum Gasteiger partial charge on any atom is 0.243 e. The summed E-state index contributed by atoms with van der Waals surface area (Å²) in [6.45, 7) is 8.39. The van der Waals surface area contributed by atoms with Gasteiger partial charge in [0.15, 0.2) is 0 Å². The molecule has 7 heteroatoms. The predicted octanol–water partition coefficient (Wildman–Crippen LogP) is 2.78. The van der Waals surface area contributed by atoms with Gasteiger partial charge >= 0.3 is 0 Å². The van der Waals surface area contributed by atoms with Crippen LogP contribution < -0.4 is 5.32 Å². The molecule has 150 valence electrons. The molecule has 0 aromatic heterocycles. The van der Waals surface area contributed by atoms with Crippen molar-refractivity contribution in [3.63, 3.8) is 0 Å². The van der Waals surface area contributed by atoms with Crippen molar-refractivity contribution in [3.05, 3.63) is 24.3 Å². The first-order valence-corrected chi connectivity index (χ1v) is 11.4. The zero-order valence-corrected chi connectivity index (χ0v) is 17.2. The summed E-state index contributed by atoms with van der Waals surface area (Å²) in [7, 11) is -3.47. The van der Waals surface area contributed by atoms with Gasteiger partial charge < -0.3 is 10.2 Å². The van der Waals surface area contributed by atoms with Crippen LogP contribution in [0.1, 0.15) is 39.5 Å². The van der Waals surface area contributed by atoms with Gasteiger partial charge in [0.25, 0.3) is 0 Å². The molecule has 1 aromatic carbocycles. The van der Waals surface area contributed by atoms with Crippen LogP contribution in [-0.4, -0.2) is 56.3 Å². The van der Waals surface area contributed by atoms with Gasteiger partial charge in [-0.25, -0.2) is 8.42 Å². The average Bonchev–Trinajstić information content (AvgIpc) is 2.62. The fraction of sp³-hybridized carbons (Fsp3) is 0.650. The third kappa shape index (κ3) is 5.30. The number of carbonyl (C=O) groups excluding carboxylic acids is 1. The van der Waals surface area contributed by atoms with Gasteiger partial charge in [-0.3, -0.25) is 4.79 Å². The van der Waals surface area contributed by atoms with Crippen LogP contribution in [0.3, 0.4) is 0 Å². The molecule has 3 rings (SSSR count). The fourth-order valence-corrected chi connectivity index (χ4v) is 5.68. The number of amides is 1. The van der Waals surface area contributed by atoms with E-state index in [2.05, 4.69) is 17.1 Å². The number of hydrogen-bond donors (Lipinski definition) is 1. The van der Waals surface area contributed by atoms with Gasteiger partial charge in [-0.05, 0) is 68.3 Å².